The number of aromatic nitrogens is 2. The van der Waals surface area contributed by atoms with Crippen LogP contribution in [0.15, 0.2) is 164 Å². The zero-order valence-corrected chi connectivity index (χ0v) is 28.7. The van der Waals surface area contributed by atoms with Gasteiger partial charge in [-0.1, -0.05) is 91.0 Å². The van der Waals surface area contributed by atoms with Gasteiger partial charge in [-0.15, -0.1) is 11.3 Å². The molecular formula is C48H27N3S. The Morgan fingerprint density at radius 2 is 0.808 bits per heavy atom. The lowest BCUT2D eigenvalue weighted by molar-refractivity contribution is 1.29. The van der Waals surface area contributed by atoms with Crippen molar-refractivity contribution >= 4 is 125 Å². The average Bonchev–Trinajstić information content (AvgIpc) is 3.99. The summed E-state index contributed by atoms with van der Waals surface area (Å²) >= 11 is 1.86. The first-order chi connectivity index (χ1) is 25.8. The summed E-state index contributed by atoms with van der Waals surface area (Å²) in [5.74, 6) is 0. The molecular weight excluding hydrogens is 651 g/mol. The zero-order chi connectivity index (χ0) is 33.7. The zero-order valence-electron chi connectivity index (χ0n) is 27.8. The molecule has 4 heteroatoms. The molecule has 0 fully saturated rings. The number of hydrogen-bond donors (Lipinski definition) is 0. The third kappa shape index (κ3) is 3.31. The molecule has 0 bridgehead atoms. The van der Waals surface area contributed by atoms with Gasteiger partial charge < -0.3 is 13.7 Å². The molecule has 0 atom stereocenters. The Hall–Kier alpha value is -6.62. The highest BCUT2D eigenvalue weighted by Crippen LogP contribution is 2.46. The van der Waals surface area contributed by atoms with Gasteiger partial charge in [0.25, 0.3) is 0 Å². The fraction of sp³-hybridized carbons (Fsp3) is 0. The summed E-state index contributed by atoms with van der Waals surface area (Å²) in [6.45, 7) is 0. The second-order valence-corrected chi connectivity index (χ2v) is 15.2. The number of nitrogens with zero attached hydrogens (tertiary/aromatic N) is 3. The number of thiophene rings is 1. The van der Waals surface area contributed by atoms with Crippen LogP contribution in [-0.4, -0.2) is 8.80 Å². The van der Waals surface area contributed by atoms with Crippen molar-refractivity contribution in [2.24, 2.45) is 0 Å². The molecule has 0 amide bonds. The Balaban J connectivity index is 1.08. The van der Waals surface area contributed by atoms with Crippen molar-refractivity contribution in [1.29, 1.82) is 0 Å². The Kier molecular flexibility index (Phi) is 5.00. The van der Waals surface area contributed by atoms with E-state index in [1.54, 1.807) is 0 Å². The fourth-order valence-electron chi connectivity index (χ4n) is 9.41. The quantitative estimate of drug-likeness (QED) is 0.181. The van der Waals surface area contributed by atoms with Crippen LogP contribution in [0.5, 0.6) is 0 Å². The van der Waals surface area contributed by atoms with Gasteiger partial charge in [-0.3, -0.25) is 0 Å². The Morgan fingerprint density at radius 3 is 1.52 bits per heavy atom. The van der Waals surface area contributed by atoms with Crippen LogP contribution in [0.2, 0.25) is 0 Å². The normalized spacial score (nSPS) is 12.6. The van der Waals surface area contributed by atoms with Gasteiger partial charge in [0.15, 0.2) is 0 Å². The first-order valence-electron chi connectivity index (χ1n) is 17.9. The van der Waals surface area contributed by atoms with E-state index in [9.17, 15) is 0 Å². The Morgan fingerprint density at radius 1 is 0.308 bits per heavy atom. The predicted molar refractivity (Wildman–Crippen MR) is 223 cm³/mol. The maximum absolute atomic E-state index is 2.52. The first-order valence-corrected chi connectivity index (χ1v) is 18.7. The second kappa shape index (κ2) is 9.58. The number of fused-ring (bicyclic) bond motifs is 15. The van der Waals surface area contributed by atoms with Gasteiger partial charge in [0.1, 0.15) is 0 Å². The monoisotopic (exact) mass is 677 g/mol. The van der Waals surface area contributed by atoms with Gasteiger partial charge in [0.05, 0.1) is 33.1 Å². The van der Waals surface area contributed by atoms with Gasteiger partial charge in [-0.2, -0.15) is 0 Å². The third-order valence-corrected chi connectivity index (χ3v) is 12.7. The van der Waals surface area contributed by atoms with Crippen molar-refractivity contribution in [1.82, 2.24) is 8.80 Å². The van der Waals surface area contributed by atoms with Crippen molar-refractivity contribution in [3.63, 3.8) is 0 Å². The lowest BCUT2D eigenvalue weighted by Crippen LogP contribution is -2.09. The van der Waals surface area contributed by atoms with Crippen LogP contribution in [0.25, 0.3) is 96.4 Å². The van der Waals surface area contributed by atoms with E-state index >= 15 is 0 Å². The molecule has 8 aromatic carbocycles. The SMILES string of the molecule is c1ccc(N(c2ccc3sc4ccccc4c3c2)c2ccc3c(c2)c2cccc4c5cc6c(cc5n3c24)c2cccc3c4ccccc4n6c32)cc1. The molecule has 0 N–H and O–H groups in total. The highest BCUT2D eigenvalue weighted by atomic mass is 32.1. The molecule has 0 spiro atoms. The molecule has 0 aliphatic heterocycles. The highest BCUT2D eigenvalue weighted by Gasteiger charge is 2.23. The second-order valence-electron chi connectivity index (χ2n) is 14.1. The Bertz CT molecular complexity index is 3590. The van der Waals surface area contributed by atoms with Gasteiger partial charge >= 0.3 is 0 Å². The van der Waals surface area contributed by atoms with Crippen LogP contribution in [0.3, 0.4) is 0 Å². The van der Waals surface area contributed by atoms with Crippen LogP contribution in [-0.2, 0) is 0 Å². The molecule has 52 heavy (non-hydrogen) atoms. The molecule has 240 valence electrons. The number of hydrogen-bond acceptors (Lipinski definition) is 2. The standard InChI is InChI=1S/C48H27N3S/c1-2-10-28(11-3-1)49(30-21-23-46-40(25-30)32-13-5-7-19-45(32)52-46)29-20-22-42-37(24-29)34-15-9-17-36-39-26-43-38(27-44(39)51(42)48(34)36)35-16-8-14-33-31-12-4-6-18-41(31)50(43)47(33)35/h1-27H. The van der Waals surface area contributed by atoms with E-state index in [0.717, 1.165) is 17.1 Å². The smallest absolute Gasteiger partial charge is 0.0620 e. The first kappa shape index (κ1) is 27.1. The minimum absolute atomic E-state index is 1.14. The summed E-state index contributed by atoms with van der Waals surface area (Å²) in [4.78, 5) is 2.41. The summed E-state index contributed by atoms with van der Waals surface area (Å²) < 4.78 is 7.64. The van der Waals surface area contributed by atoms with Gasteiger partial charge in [-0.25, -0.2) is 0 Å². The van der Waals surface area contributed by atoms with E-state index in [2.05, 4.69) is 177 Å². The van der Waals surface area contributed by atoms with Crippen LogP contribution in [0.4, 0.5) is 17.1 Å². The average molecular weight is 678 g/mol. The molecule has 13 aromatic rings. The topological polar surface area (TPSA) is 12.1 Å². The van der Waals surface area contributed by atoms with E-state index in [0.29, 0.717) is 0 Å². The molecule has 13 rings (SSSR count). The summed E-state index contributed by atoms with van der Waals surface area (Å²) in [5, 5.41) is 13.0. The van der Waals surface area contributed by atoms with Crippen molar-refractivity contribution in [2.75, 3.05) is 4.90 Å². The molecule has 0 radical (unpaired) electrons. The summed E-state index contributed by atoms with van der Waals surface area (Å²) in [5.41, 5.74) is 11.1. The molecule has 0 saturated heterocycles. The summed E-state index contributed by atoms with van der Waals surface area (Å²) in [6.07, 6.45) is 0. The predicted octanol–water partition coefficient (Wildman–Crippen LogP) is 13.8. The van der Waals surface area contributed by atoms with E-state index in [1.807, 2.05) is 11.3 Å². The number of para-hydroxylation sites is 4. The van der Waals surface area contributed by atoms with Crippen molar-refractivity contribution < 1.29 is 0 Å². The molecule has 3 nitrogen and oxygen atoms in total. The molecule has 5 aromatic heterocycles. The number of anilines is 3. The van der Waals surface area contributed by atoms with E-state index in [1.165, 1.54) is 96.4 Å². The molecule has 5 heterocycles. The van der Waals surface area contributed by atoms with Crippen molar-refractivity contribution in [3.05, 3.63) is 164 Å². The maximum Gasteiger partial charge on any atom is 0.0620 e. The van der Waals surface area contributed by atoms with Crippen LogP contribution >= 0.6 is 11.3 Å². The minimum Gasteiger partial charge on any atom is -0.310 e. The number of benzene rings is 8. The van der Waals surface area contributed by atoms with E-state index in [4.69, 9.17) is 0 Å². The fourth-order valence-corrected chi connectivity index (χ4v) is 10.5. The minimum atomic E-state index is 1.14. The lowest BCUT2D eigenvalue weighted by Gasteiger charge is -2.25. The van der Waals surface area contributed by atoms with E-state index in [-0.39, 0.29) is 0 Å². The van der Waals surface area contributed by atoms with Gasteiger partial charge in [0.2, 0.25) is 0 Å². The summed E-state index contributed by atoms with van der Waals surface area (Å²) in [7, 11) is 0. The Labute approximate surface area is 301 Å². The van der Waals surface area contributed by atoms with Crippen molar-refractivity contribution in [3.8, 4) is 0 Å². The molecule has 0 unspecified atom stereocenters. The van der Waals surface area contributed by atoms with Crippen LogP contribution in [0.1, 0.15) is 0 Å². The van der Waals surface area contributed by atoms with Crippen LogP contribution in [0, 0.1) is 0 Å². The summed E-state index contributed by atoms with van der Waals surface area (Å²) in [6, 6.07) is 60.8. The van der Waals surface area contributed by atoms with Gasteiger partial charge in [-0.05, 0) is 72.8 Å². The van der Waals surface area contributed by atoms with Crippen molar-refractivity contribution in [2.45, 2.75) is 0 Å². The van der Waals surface area contributed by atoms with Gasteiger partial charge in [0, 0.05) is 80.3 Å². The largest absolute Gasteiger partial charge is 0.310 e. The molecule has 0 saturated carbocycles. The van der Waals surface area contributed by atoms with Crippen LogP contribution < -0.4 is 4.90 Å². The third-order valence-electron chi connectivity index (χ3n) is 11.5. The molecule has 0 aliphatic rings. The highest BCUT2D eigenvalue weighted by molar-refractivity contribution is 7.25. The maximum atomic E-state index is 2.52. The number of rotatable bonds is 3. The van der Waals surface area contributed by atoms with E-state index < -0.39 is 0 Å². The lowest BCUT2D eigenvalue weighted by atomic mass is 10.0. The molecule has 0 aliphatic carbocycles.